The molecule has 8 N–H and O–H groups in total. The third-order valence-electron chi connectivity index (χ3n) is 10.6. The van der Waals surface area contributed by atoms with Gasteiger partial charge >= 0.3 is 0 Å². The molecule has 0 bridgehead atoms. The molecule has 0 saturated carbocycles. The fraction of sp³-hybridized carbons (Fsp3) is 0.381. The normalized spacial score (nSPS) is 20.9. The standard InChI is InChI=1S/2C21H24FN5O4/c2*1-21(12-28)8-13-6-16(17(7-18(13)31-21)27-2-4-30-5-3-27)26-20(29)15(9-23)19-24-10-14(22)11-25-19/h2*6-7,9-11,28H,2-5,8,12,23H2,1H3,(H,26,29)/t2*21-/m10/s1. The van der Waals surface area contributed by atoms with Gasteiger partial charge in [0.1, 0.15) is 22.7 Å². The maximum Gasteiger partial charge on any atom is 0.261 e. The molecule has 18 nitrogen and oxygen atoms in total. The van der Waals surface area contributed by atoms with Crippen LogP contribution in [0.15, 0.2) is 61.5 Å². The molecule has 62 heavy (non-hydrogen) atoms. The zero-order valence-corrected chi connectivity index (χ0v) is 34.2. The Balaban J connectivity index is 0.000000186. The molecule has 0 aliphatic carbocycles. The molecule has 2 aromatic carbocycles. The van der Waals surface area contributed by atoms with Crippen molar-refractivity contribution in [3.05, 3.63) is 95.9 Å². The Labute approximate surface area is 355 Å². The zero-order valence-electron chi connectivity index (χ0n) is 34.2. The highest BCUT2D eigenvalue weighted by atomic mass is 19.1. The van der Waals surface area contributed by atoms with Gasteiger partial charge in [0.2, 0.25) is 0 Å². The van der Waals surface area contributed by atoms with Gasteiger partial charge in [0.15, 0.2) is 23.3 Å². The van der Waals surface area contributed by atoms with E-state index in [1.54, 1.807) is 0 Å². The van der Waals surface area contributed by atoms with Gasteiger partial charge in [0.05, 0.1) is 98.3 Å². The van der Waals surface area contributed by atoms with E-state index in [1.165, 1.54) is 0 Å². The number of morpholine rings is 2. The quantitative estimate of drug-likeness (QED) is 0.125. The van der Waals surface area contributed by atoms with Crippen LogP contribution in [0.2, 0.25) is 0 Å². The van der Waals surface area contributed by atoms with Gasteiger partial charge in [0.25, 0.3) is 11.8 Å². The average molecular weight is 859 g/mol. The molecule has 4 aromatic rings. The van der Waals surface area contributed by atoms with Crippen LogP contribution >= 0.6 is 0 Å². The topological polar surface area (TPSA) is 246 Å². The Morgan fingerprint density at radius 1 is 0.677 bits per heavy atom. The van der Waals surface area contributed by atoms with E-state index in [0.717, 1.165) is 59.7 Å². The number of nitrogens with one attached hydrogen (secondary N) is 2. The minimum absolute atomic E-state index is 0.0184. The fourth-order valence-electron chi connectivity index (χ4n) is 7.40. The highest BCUT2D eigenvalue weighted by Crippen LogP contribution is 2.43. The second kappa shape index (κ2) is 18.6. The first-order chi connectivity index (χ1) is 29.8. The van der Waals surface area contributed by atoms with E-state index >= 15 is 0 Å². The molecular weight excluding hydrogens is 811 g/mol. The lowest BCUT2D eigenvalue weighted by Gasteiger charge is -2.31. The molecule has 4 aliphatic rings. The Hall–Kier alpha value is -6.48. The highest BCUT2D eigenvalue weighted by Gasteiger charge is 2.37. The van der Waals surface area contributed by atoms with Crippen LogP contribution in [0, 0.1) is 11.6 Å². The third kappa shape index (κ3) is 9.68. The molecule has 0 unspecified atom stereocenters. The molecule has 6 heterocycles. The second-order valence-corrected chi connectivity index (χ2v) is 15.4. The SMILES string of the molecule is C[C@@]1(CO)Cc2cc(NC(=O)C(=CN)c3ncc(F)cn3)c(N3CCOCC3)cc2O1.C[C@]1(CO)Cc2cc(NC(=O)C(=CN)c3ncc(F)cn3)c(N3CCOCC3)cc2O1. The molecule has 2 fully saturated rings. The van der Waals surface area contributed by atoms with Crippen molar-refractivity contribution < 1.29 is 47.5 Å². The summed E-state index contributed by atoms with van der Waals surface area (Å²) in [5.41, 5.74) is 14.3. The lowest BCUT2D eigenvalue weighted by Crippen LogP contribution is -2.37. The van der Waals surface area contributed by atoms with Crippen molar-refractivity contribution in [3.8, 4) is 11.5 Å². The summed E-state index contributed by atoms with van der Waals surface area (Å²) in [6.45, 7) is 8.29. The number of nitrogens with zero attached hydrogens (tertiary/aromatic N) is 6. The summed E-state index contributed by atoms with van der Waals surface area (Å²) >= 11 is 0. The fourth-order valence-corrected chi connectivity index (χ4v) is 7.40. The van der Waals surface area contributed by atoms with Gasteiger partial charge < -0.3 is 61.1 Å². The molecule has 8 rings (SSSR count). The van der Waals surface area contributed by atoms with Gasteiger partial charge in [0, 0.05) is 74.7 Å². The molecule has 20 heteroatoms. The molecule has 328 valence electrons. The maximum absolute atomic E-state index is 13.2. The number of hydrogen-bond donors (Lipinski definition) is 6. The second-order valence-electron chi connectivity index (χ2n) is 15.4. The summed E-state index contributed by atoms with van der Waals surface area (Å²) < 4.78 is 49.2. The number of halogens is 2. The number of hydrogen-bond acceptors (Lipinski definition) is 16. The average Bonchev–Trinajstić information content (AvgIpc) is 3.80. The van der Waals surface area contributed by atoms with Crippen molar-refractivity contribution in [1.82, 2.24) is 19.9 Å². The highest BCUT2D eigenvalue weighted by molar-refractivity contribution is 6.25. The van der Waals surface area contributed by atoms with Crippen LogP contribution in [0.25, 0.3) is 11.1 Å². The van der Waals surface area contributed by atoms with Crippen LogP contribution in [0.1, 0.15) is 36.6 Å². The molecule has 4 aliphatic heterocycles. The van der Waals surface area contributed by atoms with Gasteiger partial charge in [-0.25, -0.2) is 28.7 Å². The van der Waals surface area contributed by atoms with Crippen molar-refractivity contribution in [2.24, 2.45) is 11.5 Å². The van der Waals surface area contributed by atoms with Crippen LogP contribution in [0.3, 0.4) is 0 Å². The Morgan fingerprint density at radius 2 is 1.03 bits per heavy atom. The van der Waals surface area contributed by atoms with Gasteiger partial charge in [-0.1, -0.05) is 0 Å². The monoisotopic (exact) mass is 858 g/mol. The van der Waals surface area contributed by atoms with E-state index in [1.807, 2.05) is 38.1 Å². The summed E-state index contributed by atoms with van der Waals surface area (Å²) in [5, 5.41) is 25.2. The molecule has 2 saturated heterocycles. The van der Waals surface area contributed by atoms with Crippen molar-refractivity contribution in [2.75, 3.05) is 86.3 Å². The summed E-state index contributed by atoms with van der Waals surface area (Å²) in [5.74, 6) is -0.875. The molecule has 0 radical (unpaired) electrons. The zero-order chi connectivity index (χ0) is 44.0. The van der Waals surface area contributed by atoms with E-state index in [-0.39, 0.29) is 36.0 Å². The summed E-state index contributed by atoms with van der Waals surface area (Å²) in [6.07, 6.45) is 7.09. The largest absolute Gasteiger partial charge is 0.484 e. The van der Waals surface area contributed by atoms with Crippen molar-refractivity contribution >= 4 is 45.7 Å². The van der Waals surface area contributed by atoms with E-state index < -0.39 is 34.7 Å². The number of carbonyl (C=O) groups excluding carboxylic acids is 2. The van der Waals surface area contributed by atoms with Crippen LogP contribution < -0.4 is 41.4 Å². The van der Waals surface area contributed by atoms with Gasteiger partial charge in [-0.05, 0) is 26.0 Å². The molecule has 2 atom stereocenters. The Morgan fingerprint density at radius 3 is 1.35 bits per heavy atom. The first kappa shape index (κ1) is 43.6. The molecular formula is C42H48F2N10O8. The predicted molar refractivity (Wildman–Crippen MR) is 224 cm³/mol. The number of carbonyl (C=O) groups is 2. The lowest BCUT2D eigenvalue weighted by molar-refractivity contribution is -0.111. The van der Waals surface area contributed by atoms with E-state index in [4.69, 9.17) is 30.4 Å². The number of benzene rings is 2. The third-order valence-corrected chi connectivity index (χ3v) is 10.6. The van der Waals surface area contributed by atoms with Gasteiger partial charge in [-0.2, -0.15) is 0 Å². The predicted octanol–water partition coefficient (Wildman–Crippen LogP) is 2.15. The maximum atomic E-state index is 13.2. The number of nitrogens with two attached hydrogens (primary N) is 2. The number of rotatable bonds is 10. The minimum atomic E-state index is -0.711. The van der Waals surface area contributed by atoms with Crippen LogP contribution in [0.4, 0.5) is 31.5 Å². The molecule has 2 aromatic heterocycles. The van der Waals surface area contributed by atoms with E-state index in [9.17, 15) is 28.6 Å². The number of anilines is 4. The van der Waals surface area contributed by atoms with Crippen molar-refractivity contribution in [3.63, 3.8) is 0 Å². The van der Waals surface area contributed by atoms with Crippen LogP contribution in [0.5, 0.6) is 11.5 Å². The number of ether oxygens (including phenoxy) is 4. The Kier molecular flexibility index (Phi) is 13.1. The van der Waals surface area contributed by atoms with E-state index in [2.05, 4.69) is 40.4 Å². The number of amides is 2. The number of aliphatic hydroxyl groups is 2. The summed E-state index contributed by atoms with van der Waals surface area (Å²) in [7, 11) is 0. The lowest BCUT2D eigenvalue weighted by atomic mass is 9.99. The van der Waals surface area contributed by atoms with E-state index in [0.29, 0.717) is 88.3 Å². The van der Waals surface area contributed by atoms with Gasteiger partial charge in [-0.3, -0.25) is 9.59 Å². The Bertz CT molecular complexity index is 2180. The first-order valence-corrected chi connectivity index (χ1v) is 19.9. The summed E-state index contributed by atoms with van der Waals surface area (Å²) in [4.78, 5) is 45.6. The van der Waals surface area contributed by atoms with Crippen LogP contribution in [-0.4, -0.2) is 119 Å². The minimum Gasteiger partial charge on any atom is -0.484 e. The number of fused-ring (bicyclic) bond motifs is 2. The van der Waals surface area contributed by atoms with Crippen molar-refractivity contribution in [2.45, 2.75) is 37.9 Å². The molecule has 2 amide bonds. The number of aromatic nitrogens is 4. The first-order valence-electron chi connectivity index (χ1n) is 19.9. The smallest absolute Gasteiger partial charge is 0.261 e. The van der Waals surface area contributed by atoms with Crippen molar-refractivity contribution in [1.29, 1.82) is 0 Å². The van der Waals surface area contributed by atoms with Gasteiger partial charge in [-0.15, -0.1) is 0 Å². The summed E-state index contributed by atoms with van der Waals surface area (Å²) in [6, 6.07) is 7.44. The van der Waals surface area contributed by atoms with Crippen LogP contribution in [-0.2, 0) is 31.9 Å². The molecule has 0 spiro atoms. The number of aliphatic hydroxyl groups excluding tert-OH is 2.